The molecule has 2 aliphatic heterocycles. The summed E-state index contributed by atoms with van der Waals surface area (Å²) in [5, 5.41) is 6.83. The van der Waals surface area contributed by atoms with Crippen LogP contribution in [0.2, 0.25) is 0 Å². The maximum Gasteiger partial charge on any atom is 0.142 e. The van der Waals surface area contributed by atoms with Crippen LogP contribution in [0.5, 0.6) is 0 Å². The van der Waals surface area contributed by atoms with Crippen LogP contribution in [0.25, 0.3) is 21.9 Å². The zero-order chi connectivity index (χ0) is 22.8. The molecule has 5 rings (SSSR count). The van der Waals surface area contributed by atoms with Crippen molar-refractivity contribution in [2.24, 2.45) is 13.0 Å². The van der Waals surface area contributed by atoms with Crippen molar-refractivity contribution in [3.05, 3.63) is 48.0 Å². The molecule has 2 fully saturated rings. The highest BCUT2D eigenvalue weighted by molar-refractivity contribution is 5.89. The molecule has 0 amide bonds. The molecule has 0 spiro atoms. The molecule has 4 heterocycles. The topological polar surface area (TPSA) is 54.3 Å². The lowest BCUT2D eigenvalue weighted by atomic mass is 9.90. The number of carbonyl (C=O) groups is 1. The number of Topliss-reactive ketones (excluding diaryl/α,β-unsaturated/α-hetero) is 1. The Bertz CT molecular complexity index is 1120. The summed E-state index contributed by atoms with van der Waals surface area (Å²) >= 11 is 0. The van der Waals surface area contributed by atoms with Gasteiger partial charge >= 0.3 is 0 Å². The van der Waals surface area contributed by atoms with Crippen LogP contribution in [0.15, 0.2) is 36.7 Å². The molecule has 174 valence electrons. The summed E-state index contributed by atoms with van der Waals surface area (Å²) in [5.41, 5.74) is 4.53. The fourth-order valence-corrected chi connectivity index (χ4v) is 5.32. The first-order chi connectivity index (χ1) is 16.1. The first-order valence-electron chi connectivity index (χ1n) is 12.4. The van der Waals surface area contributed by atoms with Crippen LogP contribution in [0.4, 0.5) is 0 Å². The van der Waals surface area contributed by atoms with Crippen LogP contribution in [0.3, 0.4) is 0 Å². The van der Waals surface area contributed by atoms with Crippen molar-refractivity contribution < 1.29 is 4.79 Å². The number of hydrogen-bond donors (Lipinski definition) is 0. The van der Waals surface area contributed by atoms with E-state index in [1.54, 1.807) is 0 Å². The molecule has 2 saturated heterocycles. The van der Waals surface area contributed by atoms with Crippen molar-refractivity contribution in [2.45, 2.75) is 45.1 Å². The second kappa shape index (κ2) is 9.74. The van der Waals surface area contributed by atoms with Gasteiger partial charge in [0.05, 0.1) is 11.9 Å². The van der Waals surface area contributed by atoms with Gasteiger partial charge in [-0.25, -0.2) is 0 Å². The van der Waals surface area contributed by atoms with Crippen LogP contribution in [-0.4, -0.2) is 63.6 Å². The molecule has 0 bridgehead atoms. The number of rotatable bonds is 6. The Morgan fingerprint density at radius 1 is 0.970 bits per heavy atom. The van der Waals surface area contributed by atoms with E-state index in [1.165, 1.54) is 49.2 Å². The normalized spacial score (nSPS) is 18.7. The predicted octanol–water partition coefficient (Wildman–Crippen LogP) is 4.07. The summed E-state index contributed by atoms with van der Waals surface area (Å²) in [6.07, 6.45) is 10.2. The third kappa shape index (κ3) is 5.02. The maximum atomic E-state index is 12.9. The number of pyridine rings is 1. The van der Waals surface area contributed by atoms with Gasteiger partial charge in [-0.1, -0.05) is 18.6 Å². The van der Waals surface area contributed by atoms with E-state index in [-0.39, 0.29) is 5.92 Å². The largest absolute Gasteiger partial charge is 0.306 e. The molecular formula is C27H35N5O. The second-order valence-electron chi connectivity index (χ2n) is 9.92. The molecule has 0 radical (unpaired) electrons. The summed E-state index contributed by atoms with van der Waals surface area (Å²) < 4.78 is 2.02. The zero-order valence-corrected chi connectivity index (χ0v) is 20.0. The van der Waals surface area contributed by atoms with Crippen molar-refractivity contribution in [1.82, 2.24) is 24.6 Å². The van der Waals surface area contributed by atoms with Crippen molar-refractivity contribution in [2.75, 3.05) is 33.2 Å². The second-order valence-corrected chi connectivity index (χ2v) is 9.92. The summed E-state index contributed by atoms with van der Waals surface area (Å²) in [4.78, 5) is 22.3. The average molecular weight is 446 g/mol. The highest BCUT2D eigenvalue weighted by atomic mass is 16.1. The first-order valence-corrected chi connectivity index (χ1v) is 12.4. The smallest absolute Gasteiger partial charge is 0.142 e. The van der Waals surface area contributed by atoms with Gasteiger partial charge in [0.25, 0.3) is 0 Å². The van der Waals surface area contributed by atoms with Crippen LogP contribution in [0, 0.1) is 5.92 Å². The maximum absolute atomic E-state index is 12.9. The Labute approximate surface area is 196 Å². The number of hydrogen-bond acceptors (Lipinski definition) is 5. The number of aryl methyl sites for hydroxylation is 1. The highest BCUT2D eigenvalue weighted by Crippen LogP contribution is 2.29. The van der Waals surface area contributed by atoms with Gasteiger partial charge in [0, 0.05) is 48.8 Å². The number of fused-ring (bicyclic) bond motifs is 1. The Kier molecular flexibility index (Phi) is 6.56. The molecule has 6 nitrogen and oxygen atoms in total. The summed E-state index contributed by atoms with van der Waals surface area (Å²) in [7, 11) is 4.17. The van der Waals surface area contributed by atoms with E-state index >= 15 is 0 Å². The van der Waals surface area contributed by atoms with Gasteiger partial charge in [0.15, 0.2) is 0 Å². The van der Waals surface area contributed by atoms with Gasteiger partial charge in [-0.2, -0.15) is 5.10 Å². The Morgan fingerprint density at radius 2 is 1.76 bits per heavy atom. The summed E-state index contributed by atoms with van der Waals surface area (Å²) in [6, 6.07) is 8.64. The van der Waals surface area contributed by atoms with Crippen LogP contribution in [-0.2, 0) is 24.8 Å². The molecule has 2 aromatic heterocycles. The molecule has 1 aromatic carbocycles. The zero-order valence-electron chi connectivity index (χ0n) is 20.0. The SMILES string of the molecule is CN1CCC(C(=O)Cc2cc3cc(-c4cnn(C)c4CN4CCCCC4)ccc3cn2)CC1. The fourth-order valence-electron chi connectivity index (χ4n) is 5.32. The van der Waals surface area contributed by atoms with E-state index < -0.39 is 0 Å². The Hall–Kier alpha value is -2.57. The van der Waals surface area contributed by atoms with Crippen molar-refractivity contribution in [1.29, 1.82) is 0 Å². The lowest BCUT2D eigenvalue weighted by Gasteiger charge is -2.27. The Morgan fingerprint density at radius 3 is 2.55 bits per heavy atom. The van der Waals surface area contributed by atoms with Crippen molar-refractivity contribution in [3.63, 3.8) is 0 Å². The lowest BCUT2D eigenvalue weighted by Crippen LogP contribution is -2.34. The number of piperidine rings is 2. The minimum Gasteiger partial charge on any atom is -0.306 e. The molecule has 0 unspecified atom stereocenters. The highest BCUT2D eigenvalue weighted by Gasteiger charge is 2.23. The monoisotopic (exact) mass is 445 g/mol. The average Bonchev–Trinajstić information content (AvgIpc) is 3.19. The summed E-state index contributed by atoms with van der Waals surface area (Å²) in [6.45, 7) is 5.30. The van der Waals surface area contributed by atoms with E-state index in [9.17, 15) is 4.79 Å². The van der Waals surface area contributed by atoms with Crippen molar-refractivity contribution in [3.8, 4) is 11.1 Å². The first kappa shape index (κ1) is 22.2. The fraction of sp³-hybridized carbons (Fsp3) is 0.519. The van der Waals surface area contributed by atoms with Gasteiger partial charge in [-0.15, -0.1) is 0 Å². The van der Waals surface area contributed by atoms with E-state index in [0.717, 1.165) is 48.9 Å². The molecular weight excluding hydrogens is 410 g/mol. The van der Waals surface area contributed by atoms with Gasteiger partial charge in [-0.05, 0) is 82.0 Å². The molecule has 2 aliphatic rings. The molecule has 0 N–H and O–H groups in total. The Balaban J connectivity index is 1.37. The third-order valence-corrected chi connectivity index (χ3v) is 7.50. The summed E-state index contributed by atoms with van der Waals surface area (Å²) in [5.74, 6) is 0.514. The number of benzene rings is 1. The van der Waals surface area contributed by atoms with E-state index in [2.05, 4.69) is 51.2 Å². The molecule has 6 heteroatoms. The lowest BCUT2D eigenvalue weighted by molar-refractivity contribution is -0.123. The minimum atomic E-state index is 0.178. The standard InChI is InChI=1S/C27H35N5O/c1-30-12-8-20(9-13-30)27(33)16-24-15-23-14-21(6-7-22(23)17-28-24)25-18-29-31(2)26(25)19-32-10-4-3-5-11-32/h6-7,14-15,17-18,20H,3-5,8-13,16,19H2,1-2H3. The molecule has 0 atom stereocenters. The van der Waals surface area contributed by atoms with E-state index in [1.807, 2.05) is 24.1 Å². The molecule has 3 aromatic rings. The molecule has 0 aliphatic carbocycles. The van der Waals surface area contributed by atoms with E-state index in [4.69, 9.17) is 0 Å². The van der Waals surface area contributed by atoms with Crippen LogP contribution in [0.1, 0.15) is 43.5 Å². The van der Waals surface area contributed by atoms with Gasteiger partial charge in [-0.3, -0.25) is 19.4 Å². The number of nitrogens with zero attached hydrogens (tertiary/aromatic N) is 5. The molecule has 0 saturated carbocycles. The molecule has 33 heavy (non-hydrogen) atoms. The number of ketones is 1. The third-order valence-electron chi connectivity index (χ3n) is 7.50. The van der Waals surface area contributed by atoms with Gasteiger partial charge in [0.2, 0.25) is 0 Å². The minimum absolute atomic E-state index is 0.178. The van der Waals surface area contributed by atoms with Gasteiger partial charge < -0.3 is 4.90 Å². The number of carbonyl (C=O) groups excluding carboxylic acids is 1. The van der Waals surface area contributed by atoms with Crippen molar-refractivity contribution >= 4 is 16.6 Å². The van der Waals surface area contributed by atoms with Crippen LogP contribution >= 0.6 is 0 Å². The number of likely N-dealkylation sites (tertiary alicyclic amines) is 2. The quantitative estimate of drug-likeness (QED) is 0.572. The predicted molar refractivity (Wildman–Crippen MR) is 132 cm³/mol. The number of aromatic nitrogens is 3. The van der Waals surface area contributed by atoms with Crippen LogP contribution < -0.4 is 0 Å². The van der Waals surface area contributed by atoms with Gasteiger partial charge in [0.1, 0.15) is 5.78 Å². The van der Waals surface area contributed by atoms with E-state index in [0.29, 0.717) is 12.2 Å².